The zero-order valence-electron chi connectivity index (χ0n) is 21.6. The maximum atomic E-state index is 13.8. The van der Waals surface area contributed by atoms with Crippen molar-refractivity contribution in [2.24, 2.45) is 0 Å². The number of urea groups is 1. The number of aromatic nitrogens is 3. The predicted octanol–water partition coefficient (Wildman–Crippen LogP) is 3.76. The maximum absolute atomic E-state index is 13.8. The van der Waals surface area contributed by atoms with Crippen molar-refractivity contribution in [3.8, 4) is 11.4 Å². The number of nitrogens with zero attached hydrogens (tertiary/aromatic N) is 4. The predicted molar refractivity (Wildman–Crippen MR) is 145 cm³/mol. The molecule has 0 bridgehead atoms. The first-order chi connectivity index (χ1) is 18.3. The summed E-state index contributed by atoms with van der Waals surface area (Å²) in [5.41, 5.74) is 1.86. The zero-order chi connectivity index (χ0) is 26.8. The van der Waals surface area contributed by atoms with Gasteiger partial charge in [0, 0.05) is 42.8 Å². The number of benzene rings is 1. The lowest BCUT2D eigenvalue weighted by atomic mass is 10.1. The van der Waals surface area contributed by atoms with Gasteiger partial charge in [0.25, 0.3) is 0 Å². The first-order valence-electron chi connectivity index (χ1n) is 12.9. The third-order valence-corrected chi connectivity index (χ3v) is 9.50. The zero-order valence-corrected chi connectivity index (χ0v) is 22.4. The van der Waals surface area contributed by atoms with Crippen LogP contribution in [-0.2, 0) is 19.3 Å². The molecule has 0 unspecified atom stereocenters. The summed E-state index contributed by atoms with van der Waals surface area (Å²) in [6.45, 7) is 6.43. The van der Waals surface area contributed by atoms with Crippen LogP contribution in [-0.4, -0.2) is 61.7 Å². The molecular formula is C27H32N6O4S. The second-order valence-electron chi connectivity index (χ2n) is 9.69. The molecule has 2 N–H and O–H groups in total. The van der Waals surface area contributed by atoms with Gasteiger partial charge in [-0.3, -0.25) is 4.98 Å². The van der Waals surface area contributed by atoms with E-state index in [1.165, 1.54) is 24.5 Å². The Bertz CT molecular complexity index is 1390. The van der Waals surface area contributed by atoms with E-state index in [1.54, 1.807) is 12.1 Å². The van der Waals surface area contributed by atoms with Crippen molar-refractivity contribution < 1.29 is 17.9 Å². The van der Waals surface area contributed by atoms with Crippen LogP contribution >= 0.6 is 0 Å². The Kier molecular flexibility index (Phi) is 7.31. The number of anilines is 2. The second-order valence-corrected chi connectivity index (χ2v) is 12.0. The summed E-state index contributed by atoms with van der Waals surface area (Å²) >= 11 is 0. The molecule has 3 heterocycles. The Morgan fingerprint density at radius 3 is 2.53 bits per heavy atom. The molecule has 2 amide bonds. The first kappa shape index (κ1) is 26.1. The highest BCUT2D eigenvalue weighted by molar-refractivity contribution is 7.92. The number of hydrogen-bond acceptors (Lipinski definition) is 8. The van der Waals surface area contributed by atoms with Crippen LogP contribution in [0.5, 0.6) is 0 Å². The summed E-state index contributed by atoms with van der Waals surface area (Å²) in [4.78, 5) is 28.1. The van der Waals surface area contributed by atoms with Gasteiger partial charge >= 0.3 is 6.03 Å². The highest BCUT2D eigenvalue weighted by Gasteiger charge is 2.58. The number of sulfone groups is 1. The van der Waals surface area contributed by atoms with Crippen molar-refractivity contribution in [2.75, 3.05) is 36.5 Å². The fraction of sp³-hybridized carbons (Fsp3) is 0.407. The van der Waals surface area contributed by atoms with E-state index in [0.717, 1.165) is 12.0 Å². The molecule has 5 rings (SSSR count). The molecule has 38 heavy (non-hydrogen) atoms. The van der Waals surface area contributed by atoms with E-state index < -0.39 is 14.6 Å². The average Bonchev–Trinajstić information content (AvgIpc) is 3.76. The maximum Gasteiger partial charge on any atom is 0.319 e. The van der Waals surface area contributed by atoms with Gasteiger partial charge in [-0.2, -0.15) is 0 Å². The Hall–Kier alpha value is -3.57. The highest BCUT2D eigenvalue weighted by Crippen LogP contribution is 2.55. The van der Waals surface area contributed by atoms with Crippen molar-refractivity contribution in [1.82, 2.24) is 20.3 Å². The van der Waals surface area contributed by atoms with Gasteiger partial charge in [-0.25, -0.2) is 23.2 Å². The van der Waals surface area contributed by atoms with E-state index in [1.807, 2.05) is 25.1 Å². The molecular weight excluding hydrogens is 504 g/mol. The molecule has 1 aromatic carbocycles. The van der Waals surface area contributed by atoms with Gasteiger partial charge in [-0.1, -0.05) is 6.92 Å². The summed E-state index contributed by atoms with van der Waals surface area (Å²) in [5, 5.41) is 5.59. The molecule has 1 aliphatic carbocycles. The van der Waals surface area contributed by atoms with Gasteiger partial charge in [-0.15, -0.1) is 0 Å². The number of pyridine rings is 1. The van der Waals surface area contributed by atoms with Gasteiger partial charge in [0.1, 0.15) is 10.6 Å². The largest absolute Gasteiger partial charge is 0.377 e. The van der Waals surface area contributed by atoms with Crippen LogP contribution in [0.15, 0.2) is 59.8 Å². The van der Waals surface area contributed by atoms with Crippen LogP contribution in [0, 0.1) is 0 Å². The molecule has 2 aliphatic rings. The number of rotatable bonds is 8. The Balaban J connectivity index is 1.53. The Labute approximate surface area is 222 Å². The van der Waals surface area contributed by atoms with Crippen molar-refractivity contribution in [3.05, 3.63) is 60.6 Å². The van der Waals surface area contributed by atoms with Crippen LogP contribution in [0.1, 0.15) is 38.8 Å². The lowest BCUT2D eigenvalue weighted by Crippen LogP contribution is -2.44. The Morgan fingerprint density at radius 2 is 1.87 bits per heavy atom. The average molecular weight is 537 g/mol. The third kappa shape index (κ3) is 5.08. The number of hydrogen-bond donors (Lipinski definition) is 2. The Morgan fingerprint density at radius 1 is 1.13 bits per heavy atom. The molecule has 0 radical (unpaired) electrons. The van der Waals surface area contributed by atoms with Crippen LogP contribution in [0.3, 0.4) is 0 Å². The molecule has 11 heteroatoms. The van der Waals surface area contributed by atoms with Crippen molar-refractivity contribution in [2.45, 2.75) is 48.8 Å². The minimum absolute atomic E-state index is 0.0829. The molecule has 2 fully saturated rings. The van der Waals surface area contributed by atoms with Crippen molar-refractivity contribution in [1.29, 1.82) is 0 Å². The summed E-state index contributed by atoms with van der Waals surface area (Å²) < 4.78 is 32.1. The first-order valence-corrected chi connectivity index (χ1v) is 14.4. The van der Waals surface area contributed by atoms with E-state index in [2.05, 4.69) is 27.4 Å². The molecule has 0 spiro atoms. The normalized spacial score (nSPS) is 18.6. The van der Waals surface area contributed by atoms with Gasteiger partial charge in [0.2, 0.25) is 0 Å². The molecule has 1 atom stereocenters. The number of morpholine rings is 1. The number of nitrogens with one attached hydrogen (secondary N) is 2. The lowest BCUT2D eigenvalue weighted by molar-refractivity contribution is 0.0985. The van der Waals surface area contributed by atoms with E-state index >= 15 is 0 Å². The van der Waals surface area contributed by atoms with Gasteiger partial charge < -0.3 is 20.3 Å². The fourth-order valence-electron chi connectivity index (χ4n) is 4.65. The number of ether oxygens (including phenoxy) is 1. The van der Waals surface area contributed by atoms with Crippen LogP contribution in [0.25, 0.3) is 11.4 Å². The molecule has 1 saturated heterocycles. The standard InChI is InChI=1S/C27H32N6O4S/c1-3-12-29-26(34)30-21-6-4-20(5-7-21)25-31-23(17-24(32-25)33-15-16-37-18-19(33)2)27(10-11-27)38(35,36)22-8-13-28-14-9-22/h4-9,13-14,17,19H,3,10-12,15-16,18H2,1-2H3,(H2,29,30,34)/t19-/m0/s1. The SMILES string of the molecule is CCCNC(=O)Nc1ccc(-c2nc(N3CCOC[C@@H]3C)cc(C3(S(=O)(=O)c4ccncc4)CC3)n2)cc1. The summed E-state index contributed by atoms with van der Waals surface area (Å²) in [7, 11) is -3.70. The summed E-state index contributed by atoms with van der Waals surface area (Å²) in [6.07, 6.45) is 4.81. The summed E-state index contributed by atoms with van der Waals surface area (Å²) in [6, 6.07) is 11.9. The van der Waals surface area contributed by atoms with Gasteiger partial charge in [0.15, 0.2) is 15.7 Å². The van der Waals surface area contributed by atoms with Crippen LogP contribution in [0.2, 0.25) is 0 Å². The van der Waals surface area contributed by atoms with Crippen molar-refractivity contribution >= 4 is 27.4 Å². The van der Waals surface area contributed by atoms with Gasteiger partial charge in [0.05, 0.1) is 29.8 Å². The molecule has 200 valence electrons. The quantitative estimate of drug-likeness (QED) is 0.446. The van der Waals surface area contributed by atoms with Crippen LogP contribution in [0.4, 0.5) is 16.3 Å². The summed E-state index contributed by atoms with van der Waals surface area (Å²) in [5.74, 6) is 1.12. The monoisotopic (exact) mass is 536 g/mol. The topological polar surface area (TPSA) is 126 Å². The minimum Gasteiger partial charge on any atom is -0.377 e. The van der Waals surface area contributed by atoms with E-state index in [9.17, 15) is 13.2 Å². The number of amides is 2. The smallest absolute Gasteiger partial charge is 0.319 e. The lowest BCUT2D eigenvalue weighted by Gasteiger charge is -2.34. The van der Waals surface area contributed by atoms with Gasteiger partial charge in [-0.05, 0) is 62.6 Å². The fourth-order valence-corrected chi connectivity index (χ4v) is 6.60. The minimum atomic E-state index is -3.70. The number of carbonyl (C=O) groups excluding carboxylic acids is 1. The molecule has 3 aromatic rings. The van der Waals surface area contributed by atoms with Crippen molar-refractivity contribution in [3.63, 3.8) is 0 Å². The van der Waals surface area contributed by atoms with Crippen LogP contribution < -0.4 is 15.5 Å². The van der Waals surface area contributed by atoms with E-state index in [4.69, 9.17) is 14.7 Å². The second kappa shape index (κ2) is 10.7. The molecule has 1 saturated carbocycles. The number of carbonyl (C=O) groups is 1. The third-order valence-electron chi connectivity index (χ3n) is 6.96. The molecule has 2 aromatic heterocycles. The molecule has 1 aliphatic heterocycles. The van der Waals surface area contributed by atoms with E-state index in [0.29, 0.717) is 62.2 Å². The molecule has 10 nitrogen and oxygen atoms in total. The highest BCUT2D eigenvalue weighted by atomic mass is 32.2. The van der Waals surface area contributed by atoms with E-state index in [-0.39, 0.29) is 17.0 Å².